The molecule has 1 fully saturated rings. The molecule has 0 aromatic heterocycles. The van der Waals surface area contributed by atoms with Gasteiger partial charge in [-0.1, -0.05) is 29.8 Å². The smallest absolute Gasteiger partial charge is 0.227 e. The minimum absolute atomic E-state index is 0.0351. The first kappa shape index (κ1) is 12.1. The Labute approximate surface area is 102 Å². The van der Waals surface area contributed by atoms with Gasteiger partial charge in [0.15, 0.2) is 0 Å². The van der Waals surface area contributed by atoms with Gasteiger partial charge in [0, 0.05) is 6.54 Å². The van der Waals surface area contributed by atoms with E-state index in [0.717, 1.165) is 24.9 Å². The van der Waals surface area contributed by atoms with Crippen LogP contribution >= 0.6 is 0 Å². The second-order valence-electron chi connectivity index (χ2n) is 4.73. The molecule has 17 heavy (non-hydrogen) atoms. The van der Waals surface area contributed by atoms with Gasteiger partial charge in [-0.05, 0) is 25.3 Å². The molecule has 1 aliphatic rings. The maximum absolute atomic E-state index is 12.1. The van der Waals surface area contributed by atoms with Crippen LogP contribution in [0.3, 0.4) is 0 Å². The molecule has 3 heteroatoms. The van der Waals surface area contributed by atoms with Gasteiger partial charge in [-0.2, -0.15) is 0 Å². The number of nitrogens with zero attached hydrogens (tertiary/aromatic N) is 1. The highest BCUT2D eigenvalue weighted by atomic mass is 16.3. The Bertz CT molecular complexity index is 386. The molecule has 1 N–H and O–H groups in total. The summed E-state index contributed by atoms with van der Waals surface area (Å²) in [7, 11) is 0. The molecular formula is C14H19NO2. The van der Waals surface area contributed by atoms with Gasteiger partial charge in [-0.3, -0.25) is 4.79 Å². The molecule has 1 atom stereocenters. The topological polar surface area (TPSA) is 40.5 Å². The summed E-state index contributed by atoms with van der Waals surface area (Å²) in [6.07, 6.45) is 2.37. The van der Waals surface area contributed by atoms with Gasteiger partial charge in [0.05, 0.1) is 19.1 Å². The van der Waals surface area contributed by atoms with E-state index in [-0.39, 0.29) is 18.6 Å². The average Bonchev–Trinajstić information content (AvgIpc) is 2.80. The Kier molecular flexibility index (Phi) is 3.79. The molecule has 2 rings (SSSR count). The van der Waals surface area contributed by atoms with E-state index in [0.29, 0.717) is 6.42 Å². The molecule has 1 aliphatic heterocycles. The predicted molar refractivity (Wildman–Crippen MR) is 66.7 cm³/mol. The number of benzene rings is 1. The monoisotopic (exact) mass is 233 g/mol. The number of rotatable bonds is 3. The standard InChI is InChI=1S/C14H19NO2/c1-11-4-6-12(7-5-11)9-14(17)15-8-2-3-13(15)10-16/h4-7,13,16H,2-3,8-10H2,1H3/t13-/m0/s1. The summed E-state index contributed by atoms with van der Waals surface area (Å²) in [6, 6.07) is 8.08. The molecule has 0 radical (unpaired) electrons. The van der Waals surface area contributed by atoms with Crippen LogP contribution in [0.4, 0.5) is 0 Å². The first-order valence-electron chi connectivity index (χ1n) is 6.16. The highest BCUT2D eigenvalue weighted by Crippen LogP contribution is 2.18. The highest BCUT2D eigenvalue weighted by Gasteiger charge is 2.27. The summed E-state index contributed by atoms with van der Waals surface area (Å²) in [5, 5.41) is 9.19. The fourth-order valence-electron chi connectivity index (χ4n) is 2.34. The zero-order valence-electron chi connectivity index (χ0n) is 10.2. The number of hydrogen-bond donors (Lipinski definition) is 1. The number of hydrogen-bond acceptors (Lipinski definition) is 2. The summed E-state index contributed by atoms with van der Waals surface area (Å²) < 4.78 is 0. The molecule has 1 amide bonds. The largest absolute Gasteiger partial charge is 0.394 e. The van der Waals surface area contributed by atoms with Crippen molar-refractivity contribution in [3.05, 3.63) is 35.4 Å². The number of aliphatic hydroxyl groups is 1. The van der Waals surface area contributed by atoms with Crippen LogP contribution in [-0.2, 0) is 11.2 Å². The van der Waals surface area contributed by atoms with Crippen LogP contribution in [0.5, 0.6) is 0 Å². The fraction of sp³-hybridized carbons (Fsp3) is 0.500. The lowest BCUT2D eigenvalue weighted by Crippen LogP contribution is -2.38. The van der Waals surface area contributed by atoms with Gasteiger partial charge in [0.2, 0.25) is 5.91 Å². The molecular weight excluding hydrogens is 214 g/mol. The molecule has 1 aromatic rings. The zero-order valence-corrected chi connectivity index (χ0v) is 10.2. The van der Waals surface area contributed by atoms with Crippen LogP contribution in [0, 0.1) is 6.92 Å². The van der Waals surface area contributed by atoms with Crippen molar-refractivity contribution >= 4 is 5.91 Å². The van der Waals surface area contributed by atoms with Crippen LogP contribution in [0.1, 0.15) is 24.0 Å². The van der Waals surface area contributed by atoms with Gasteiger partial charge in [0.1, 0.15) is 0 Å². The number of likely N-dealkylation sites (tertiary alicyclic amines) is 1. The van der Waals surface area contributed by atoms with E-state index in [1.807, 2.05) is 36.1 Å². The van der Waals surface area contributed by atoms with Crippen LogP contribution in [0.25, 0.3) is 0 Å². The molecule has 1 heterocycles. The first-order valence-corrected chi connectivity index (χ1v) is 6.16. The molecule has 0 saturated carbocycles. The lowest BCUT2D eigenvalue weighted by atomic mass is 10.1. The Balaban J connectivity index is 1.99. The van der Waals surface area contributed by atoms with E-state index in [4.69, 9.17) is 0 Å². The average molecular weight is 233 g/mol. The molecule has 0 aliphatic carbocycles. The van der Waals surface area contributed by atoms with Crippen molar-refractivity contribution in [3.8, 4) is 0 Å². The van der Waals surface area contributed by atoms with E-state index in [9.17, 15) is 9.90 Å². The van der Waals surface area contributed by atoms with E-state index in [2.05, 4.69) is 0 Å². The van der Waals surface area contributed by atoms with Gasteiger partial charge >= 0.3 is 0 Å². The van der Waals surface area contributed by atoms with Crippen molar-refractivity contribution in [1.82, 2.24) is 4.90 Å². The summed E-state index contributed by atoms with van der Waals surface area (Å²) in [5.74, 6) is 0.130. The zero-order chi connectivity index (χ0) is 12.3. The van der Waals surface area contributed by atoms with Crippen LogP contribution in [0.15, 0.2) is 24.3 Å². The summed E-state index contributed by atoms with van der Waals surface area (Å²) >= 11 is 0. The molecule has 0 unspecified atom stereocenters. The Morgan fingerprint density at radius 3 is 2.76 bits per heavy atom. The Morgan fingerprint density at radius 1 is 1.41 bits per heavy atom. The van der Waals surface area contributed by atoms with E-state index < -0.39 is 0 Å². The summed E-state index contributed by atoms with van der Waals surface area (Å²) in [5.41, 5.74) is 2.25. The second kappa shape index (κ2) is 5.32. The maximum Gasteiger partial charge on any atom is 0.227 e. The maximum atomic E-state index is 12.1. The van der Waals surface area contributed by atoms with Crippen molar-refractivity contribution in [2.45, 2.75) is 32.2 Å². The predicted octanol–water partition coefficient (Wildman–Crippen LogP) is 1.52. The molecule has 3 nitrogen and oxygen atoms in total. The first-order chi connectivity index (χ1) is 8.20. The number of carbonyl (C=O) groups is 1. The lowest BCUT2D eigenvalue weighted by Gasteiger charge is -2.23. The number of aryl methyl sites for hydroxylation is 1. The highest BCUT2D eigenvalue weighted by molar-refractivity contribution is 5.79. The number of amides is 1. The molecule has 0 spiro atoms. The molecule has 1 saturated heterocycles. The van der Waals surface area contributed by atoms with Gasteiger partial charge in [0.25, 0.3) is 0 Å². The third-order valence-corrected chi connectivity index (χ3v) is 3.38. The molecule has 1 aromatic carbocycles. The Hall–Kier alpha value is -1.35. The van der Waals surface area contributed by atoms with Crippen LogP contribution in [-0.4, -0.2) is 35.1 Å². The minimum Gasteiger partial charge on any atom is -0.394 e. The lowest BCUT2D eigenvalue weighted by molar-refractivity contribution is -0.131. The fourth-order valence-corrected chi connectivity index (χ4v) is 2.34. The van der Waals surface area contributed by atoms with Crippen molar-refractivity contribution in [2.75, 3.05) is 13.2 Å². The summed E-state index contributed by atoms with van der Waals surface area (Å²) in [6.45, 7) is 2.91. The van der Waals surface area contributed by atoms with Crippen LogP contribution < -0.4 is 0 Å². The summed E-state index contributed by atoms with van der Waals surface area (Å²) in [4.78, 5) is 13.9. The Morgan fingerprint density at radius 2 is 2.12 bits per heavy atom. The number of carbonyl (C=O) groups excluding carboxylic acids is 1. The van der Waals surface area contributed by atoms with Crippen molar-refractivity contribution in [3.63, 3.8) is 0 Å². The molecule has 92 valence electrons. The van der Waals surface area contributed by atoms with Gasteiger partial charge < -0.3 is 10.0 Å². The van der Waals surface area contributed by atoms with Gasteiger partial charge in [-0.15, -0.1) is 0 Å². The second-order valence-corrected chi connectivity index (χ2v) is 4.73. The third kappa shape index (κ3) is 2.86. The quantitative estimate of drug-likeness (QED) is 0.860. The van der Waals surface area contributed by atoms with Crippen LogP contribution in [0.2, 0.25) is 0 Å². The third-order valence-electron chi connectivity index (χ3n) is 3.38. The van der Waals surface area contributed by atoms with E-state index >= 15 is 0 Å². The minimum atomic E-state index is 0.0351. The van der Waals surface area contributed by atoms with E-state index in [1.54, 1.807) is 0 Å². The van der Waals surface area contributed by atoms with Crippen molar-refractivity contribution in [1.29, 1.82) is 0 Å². The number of aliphatic hydroxyl groups excluding tert-OH is 1. The molecule has 0 bridgehead atoms. The SMILES string of the molecule is Cc1ccc(CC(=O)N2CCC[C@H]2CO)cc1. The van der Waals surface area contributed by atoms with E-state index in [1.165, 1.54) is 5.56 Å². The normalized spacial score (nSPS) is 19.6. The van der Waals surface area contributed by atoms with Crippen molar-refractivity contribution < 1.29 is 9.90 Å². The van der Waals surface area contributed by atoms with Gasteiger partial charge in [-0.25, -0.2) is 0 Å². The van der Waals surface area contributed by atoms with Crippen molar-refractivity contribution in [2.24, 2.45) is 0 Å².